The zero-order chi connectivity index (χ0) is 24.3. The Morgan fingerprint density at radius 1 is 1.03 bits per heavy atom. The summed E-state index contributed by atoms with van der Waals surface area (Å²) in [5.41, 5.74) is 11.9. The van der Waals surface area contributed by atoms with Crippen LogP contribution in [0.1, 0.15) is 49.8 Å². The Bertz CT molecular complexity index is 1120. The maximum absolute atomic E-state index is 13.8. The van der Waals surface area contributed by atoms with Gasteiger partial charge in [-0.05, 0) is 66.6 Å². The van der Waals surface area contributed by atoms with E-state index in [4.69, 9.17) is 10.5 Å². The number of nitrogens with two attached hydrogens (primary N) is 1. The van der Waals surface area contributed by atoms with Crippen LogP contribution in [0.25, 0.3) is 11.1 Å². The number of carbonyl (C=O) groups excluding carboxylic acids is 1. The van der Waals surface area contributed by atoms with Crippen molar-refractivity contribution in [3.05, 3.63) is 84.2 Å². The van der Waals surface area contributed by atoms with Crippen LogP contribution in [0.2, 0.25) is 0 Å². The molecule has 1 saturated heterocycles. The molecule has 182 valence electrons. The molecular formula is C30H35N3O2. The Morgan fingerprint density at radius 3 is 2.34 bits per heavy atom. The second-order valence-corrected chi connectivity index (χ2v) is 10.1. The quantitative estimate of drug-likeness (QED) is 0.483. The molecule has 2 fully saturated rings. The normalized spacial score (nSPS) is 20.9. The lowest BCUT2D eigenvalue weighted by atomic mass is 9.90. The average Bonchev–Trinajstić information content (AvgIpc) is 3.70. The van der Waals surface area contributed by atoms with Gasteiger partial charge in [0.2, 0.25) is 5.91 Å². The number of aromatic nitrogens is 1. The van der Waals surface area contributed by atoms with Crippen LogP contribution in [-0.2, 0) is 16.0 Å². The van der Waals surface area contributed by atoms with Crippen molar-refractivity contribution in [1.82, 2.24) is 4.98 Å². The summed E-state index contributed by atoms with van der Waals surface area (Å²) in [7, 11) is 0. The van der Waals surface area contributed by atoms with Crippen molar-refractivity contribution < 1.29 is 9.53 Å². The SMILES string of the molecule is CCCc1ccc(-c2ccc(N(CC3(N)CCOCC3)C(=O)[C@H]3C[C@@H]3c3ccccn3)cc2)cc1. The summed E-state index contributed by atoms with van der Waals surface area (Å²) < 4.78 is 5.54. The molecule has 1 aliphatic carbocycles. The molecule has 1 amide bonds. The molecule has 2 aromatic carbocycles. The molecule has 2 heterocycles. The Kier molecular flexibility index (Phi) is 6.98. The van der Waals surface area contributed by atoms with Gasteiger partial charge >= 0.3 is 0 Å². The highest BCUT2D eigenvalue weighted by atomic mass is 16.5. The molecule has 1 saturated carbocycles. The second kappa shape index (κ2) is 10.3. The van der Waals surface area contributed by atoms with Gasteiger partial charge in [0.05, 0.1) is 0 Å². The number of aryl methyl sites for hydroxylation is 1. The number of hydrogen-bond acceptors (Lipinski definition) is 4. The van der Waals surface area contributed by atoms with E-state index in [1.165, 1.54) is 11.1 Å². The van der Waals surface area contributed by atoms with Gasteiger partial charge in [0, 0.05) is 54.7 Å². The molecule has 2 atom stereocenters. The van der Waals surface area contributed by atoms with Crippen molar-refractivity contribution in [2.24, 2.45) is 11.7 Å². The van der Waals surface area contributed by atoms with E-state index in [-0.39, 0.29) is 17.7 Å². The van der Waals surface area contributed by atoms with Gasteiger partial charge < -0.3 is 15.4 Å². The van der Waals surface area contributed by atoms with Gasteiger partial charge in [-0.1, -0.05) is 55.8 Å². The zero-order valence-corrected chi connectivity index (χ0v) is 20.5. The first-order chi connectivity index (χ1) is 17.1. The standard InChI is InChI=1S/C30H35N3O2/c1-2-5-22-7-9-23(10-8-22)24-11-13-25(14-12-24)33(21-30(31)15-18-35-19-16-30)29(34)27-20-26(27)28-6-3-4-17-32-28/h3-4,6-14,17,26-27H,2,5,15-16,18-21,31H2,1H3/t26-,27-/m0/s1. The first kappa shape index (κ1) is 23.7. The molecule has 2 aliphatic rings. The number of hydrogen-bond donors (Lipinski definition) is 1. The monoisotopic (exact) mass is 469 g/mol. The largest absolute Gasteiger partial charge is 0.381 e. The molecule has 1 aliphatic heterocycles. The fourth-order valence-electron chi connectivity index (χ4n) is 5.12. The van der Waals surface area contributed by atoms with Crippen molar-refractivity contribution in [1.29, 1.82) is 0 Å². The fourth-order valence-corrected chi connectivity index (χ4v) is 5.12. The van der Waals surface area contributed by atoms with E-state index in [0.29, 0.717) is 19.8 Å². The van der Waals surface area contributed by atoms with Crippen LogP contribution in [0.4, 0.5) is 5.69 Å². The lowest BCUT2D eigenvalue weighted by Crippen LogP contribution is -2.55. The highest BCUT2D eigenvalue weighted by molar-refractivity contribution is 5.98. The minimum absolute atomic E-state index is 0.0425. The molecule has 1 aromatic heterocycles. The topological polar surface area (TPSA) is 68.4 Å². The smallest absolute Gasteiger partial charge is 0.230 e. The highest BCUT2D eigenvalue weighted by Crippen LogP contribution is 2.48. The predicted molar refractivity (Wildman–Crippen MR) is 140 cm³/mol. The lowest BCUT2D eigenvalue weighted by molar-refractivity contribution is -0.120. The molecule has 0 unspecified atom stereocenters. The summed E-state index contributed by atoms with van der Waals surface area (Å²) in [5.74, 6) is 0.295. The van der Waals surface area contributed by atoms with E-state index < -0.39 is 5.54 Å². The maximum atomic E-state index is 13.8. The molecule has 0 bridgehead atoms. The van der Waals surface area contributed by atoms with E-state index in [1.807, 2.05) is 23.1 Å². The summed E-state index contributed by atoms with van der Waals surface area (Å²) in [6, 6.07) is 23.0. The van der Waals surface area contributed by atoms with Crippen molar-refractivity contribution >= 4 is 11.6 Å². The number of ether oxygens (including phenoxy) is 1. The van der Waals surface area contributed by atoms with Crippen LogP contribution in [0.5, 0.6) is 0 Å². The molecule has 3 aromatic rings. The Labute approximate surface area is 208 Å². The lowest BCUT2D eigenvalue weighted by Gasteiger charge is -2.38. The van der Waals surface area contributed by atoms with Crippen LogP contribution < -0.4 is 10.6 Å². The van der Waals surface area contributed by atoms with Gasteiger partial charge in [-0.15, -0.1) is 0 Å². The summed E-state index contributed by atoms with van der Waals surface area (Å²) in [5, 5.41) is 0. The summed E-state index contributed by atoms with van der Waals surface area (Å²) in [4.78, 5) is 20.2. The third-order valence-electron chi connectivity index (χ3n) is 7.41. The third kappa shape index (κ3) is 5.47. The third-order valence-corrected chi connectivity index (χ3v) is 7.41. The molecule has 0 radical (unpaired) electrons. The average molecular weight is 470 g/mol. The Balaban J connectivity index is 1.37. The number of nitrogens with zero attached hydrogens (tertiary/aromatic N) is 2. The number of anilines is 1. The summed E-state index contributed by atoms with van der Waals surface area (Å²) in [6.45, 7) is 3.99. The van der Waals surface area contributed by atoms with E-state index in [1.54, 1.807) is 6.20 Å². The first-order valence-corrected chi connectivity index (χ1v) is 12.8. The van der Waals surface area contributed by atoms with Gasteiger partial charge in [-0.2, -0.15) is 0 Å². The molecule has 5 rings (SSSR count). The minimum Gasteiger partial charge on any atom is -0.381 e. The Morgan fingerprint density at radius 2 is 1.71 bits per heavy atom. The van der Waals surface area contributed by atoms with Crippen LogP contribution in [0, 0.1) is 5.92 Å². The van der Waals surface area contributed by atoms with Gasteiger partial charge in [0.15, 0.2) is 0 Å². The van der Waals surface area contributed by atoms with Gasteiger partial charge in [-0.3, -0.25) is 9.78 Å². The molecule has 5 heteroatoms. The predicted octanol–water partition coefficient (Wildman–Crippen LogP) is 5.35. The molecule has 35 heavy (non-hydrogen) atoms. The minimum atomic E-state index is -0.433. The van der Waals surface area contributed by atoms with Gasteiger partial charge in [-0.25, -0.2) is 0 Å². The maximum Gasteiger partial charge on any atom is 0.230 e. The van der Waals surface area contributed by atoms with Gasteiger partial charge in [0.25, 0.3) is 0 Å². The number of benzene rings is 2. The van der Waals surface area contributed by atoms with Crippen LogP contribution in [-0.4, -0.2) is 36.2 Å². The molecule has 5 nitrogen and oxygen atoms in total. The van der Waals surface area contributed by atoms with E-state index in [9.17, 15) is 4.79 Å². The zero-order valence-electron chi connectivity index (χ0n) is 20.5. The second-order valence-electron chi connectivity index (χ2n) is 10.1. The summed E-state index contributed by atoms with van der Waals surface area (Å²) >= 11 is 0. The fraction of sp³-hybridized carbons (Fsp3) is 0.400. The van der Waals surface area contributed by atoms with Crippen molar-refractivity contribution in [2.45, 2.75) is 50.5 Å². The Hall–Kier alpha value is -3.02. The first-order valence-electron chi connectivity index (χ1n) is 12.8. The van der Waals surface area contributed by atoms with Crippen molar-refractivity contribution in [2.75, 3.05) is 24.7 Å². The van der Waals surface area contributed by atoms with E-state index in [2.05, 4.69) is 60.4 Å². The molecular weight excluding hydrogens is 434 g/mol. The van der Waals surface area contributed by atoms with Crippen molar-refractivity contribution in [3.63, 3.8) is 0 Å². The number of pyridine rings is 1. The van der Waals surface area contributed by atoms with Crippen molar-refractivity contribution in [3.8, 4) is 11.1 Å². The van der Waals surface area contributed by atoms with E-state index in [0.717, 1.165) is 49.0 Å². The number of rotatable bonds is 8. The molecule has 0 spiro atoms. The summed E-state index contributed by atoms with van der Waals surface area (Å²) in [6.07, 6.45) is 6.41. The number of amides is 1. The number of carbonyl (C=O) groups is 1. The van der Waals surface area contributed by atoms with Crippen LogP contribution in [0.15, 0.2) is 72.9 Å². The van der Waals surface area contributed by atoms with Crippen LogP contribution in [0.3, 0.4) is 0 Å². The van der Waals surface area contributed by atoms with Crippen LogP contribution >= 0.6 is 0 Å². The highest BCUT2D eigenvalue weighted by Gasteiger charge is 2.48. The molecule has 2 N–H and O–H groups in total. The van der Waals surface area contributed by atoms with E-state index >= 15 is 0 Å². The van der Waals surface area contributed by atoms with Gasteiger partial charge in [0.1, 0.15) is 0 Å².